The van der Waals surface area contributed by atoms with Crippen LogP contribution in [0.3, 0.4) is 0 Å². The third-order valence-electron chi connectivity index (χ3n) is 5.98. The zero-order valence-electron chi connectivity index (χ0n) is 22.5. The molecule has 2 nitrogen and oxygen atoms in total. The van der Waals surface area contributed by atoms with Gasteiger partial charge in [-0.25, -0.2) is 0 Å². The molecular weight excluding hydrogens is 507 g/mol. The van der Waals surface area contributed by atoms with Gasteiger partial charge in [0.15, 0.2) is 0 Å². The number of aryl methyl sites for hydroxylation is 4. The fourth-order valence-corrected chi connectivity index (χ4v) is 4.42. The number of nitrogens with zero attached hydrogens (tertiary/aromatic N) is 2. The van der Waals surface area contributed by atoms with E-state index in [1.165, 1.54) is 22.3 Å². The SMILES string of the molecule is CCCCC(=Nc1cc(CCC)cc(CCC)c1)C(C)=Nc1cc(CCC)cc(CCC)c1.[Pd]. The van der Waals surface area contributed by atoms with Gasteiger partial charge in [0, 0.05) is 20.4 Å². The van der Waals surface area contributed by atoms with Crippen LogP contribution in [-0.4, -0.2) is 11.4 Å². The van der Waals surface area contributed by atoms with Crippen LogP contribution < -0.4 is 0 Å². The maximum absolute atomic E-state index is 5.18. The third kappa shape index (κ3) is 10.4. The van der Waals surface area contributed by atoms with Gasteiger partial charge < -0.3 is 0 Å². The van der Waals surface area contributed by atoms with E-state index in [4.69, 9.17) is 9.98 Å². The summed E-state index contributed by atoms with van der Waals surface area (Å²) >= 11 is 0. The molecule has 3 heteroatoms. The molecule has 0 aromatic heterocycles. The average Bonchev–Trinajstić information content (AvgIpc) is 2.77. The van der Waals surface area contributed by atoms with Crippen LogP contribution >= 0.6 is 0 Å². The van der Waals surface area contributed by atoms with E-state index in [2.05, 4.69) is 77.9 Å². The topological polar surface area (TPSA) is 24.7 Å². The third-order valence-corrected chi connectivity index (χ3v) is 5.98. The Morgan fingerprint density at radius 3 is 1.29 bits per heavy atom. The monoisotopic (exact) mass is 552 g/mol. The Morgan fingerprint density at radius 1 is 0.559 bits per heavy atom. The summed E-state index contributed by atoms with van der Waals surface area (Å²) in [5.74, 6) is 0. The fourth-order valence-electron chi connectivity index (χ4n) is 4.42. The molecule has 190 valence electrons. The van der Waals surface area contributed by atoms with Crippen molar-refractivity contribution in [1.82, 2.24) is 0 Å². The number of hydrogen-bond donors (Lipinski definition) is 0. The van der Waals surface area contributed by atoms with E-state index in [0.717, 1.165) is 93.4 Å². The van der Waals surface area contributed by atoms with Crippen molar-refractivity contribution in [2.75, 3.05) is 0 Å². The summed E-state index contributed by atoms with van der Waals surface area (Å²) in [6.45, 7) is 13.4. The van der Waals surface area contributed by atoms with Gasteiger partial charge in [0.05, 0.1) is 22.8 Å². The zero-order valence-corrected chi connectivity index (χ0v) is 24.0. The van der Waals surface area contributed by atoms with Gasteiger partial charge in [-0.3, -0.25) is 9.98 Å². The number of rotatable bonds is 14. The van der Waals surface area contributed by atoms with Crippen LogP contribution in [0.15, 0.2) is 46.4 Å². The summed E-state index contributed by atoms with van der Waals surface area (Å²) < 4.78 is 0. The molecule has 0 aliphatic heterocycles. The van der Waals surface area contributed by atoms with Crippen LogP contribution in [0.25, 0.3) is 0 Å². The first kappa shape index (κ1) is 30.5. The molecule has 0 radical (unpaired) electrons. The number of benzene rings is 2. The van der Waals surface area contributed by atoms with E-state index in [9.17, 15) is 0 Å². The maximum atomic E-state index is 5.18. The van der Waals surface area contributed by atoms with Gasteiger partial charge in [0.25, 0.3) is 0 Å². The number of aliphatic imine (C=N–C) groups is 2. The predicted molar refractivity (Wildman–Crippen MR) is 148 cm³/mol. The summed E-state index contributed by atoms with van der Waals surface area (Å²) in [5.41, 5.74) is 9.97. The fraction of sp³-hybridized carbons (Fsp3) is 0.548. The summed E-state index contributed by atoms with van der Waals surface area (Å²) in [7, 11) is 0. The normalized spacial score (nSPS) is 12.1. The van der Waals surface area contributed by atoms with Gasteiger partial charge in [0.2, 0.25) is 0 Å². The molecule has 0 heterocycles. The van der Waals surface area contributed by atoms with E-state index >= 15 is 0 Å². The summed E-state index contributed by atoms with van der Waals surface area (Å²) in [6.07, 6.45) is 12.4. The van der Waals surface area contributed by atoms with Crippen molar-refractivity contribution in [2.24, 2.45) is 9.98 Å². The molecule has 2 rings (SSSR count). The van der Waals surface area contributed by atoms with E-state index in [1.54, 1.807) is 0 Å². The van der Waals surface area contributed by atoms with Crippen LogP contribution in [0.4, 0.5) is 11.4 Å². The molecule has 2 aromatic rings. The van der Waals surface area contributed by atoms with Crippen molar-refractivity contribution >= 4 is 22.8 Å². The van der Waals surface area contributed by atoms with Gasteiger partial charge in [0.1, 0.15) is 0 Å². The maximum Gasteiger partial charge on any atom is 0.0639 e. The summed E-state index contributed by atoms with van der Waals surface area (Å²) in [4.78, 5) is 10.3. The van der Waals surface area contributed by atoms with Crippen molar-refractivity contribution in [2.45, 2.75) is 112 Å². The standard InChI is InChI=1S/C31H46N2.Pd/c1-7-12-17-31(33-30-22-27(15-10-4)19-28(23-30)16-11-5)24(6)32-29-20-25(13-8-2)18-26(21-29)14-9-3;/h18-23H,7-17H2,1-6H3;. The van der Waals surface area contributed by atoms with Crippen molar-refractivity contribution in [3.63, 3.8) is 0 Å². The Labute approximate surface area is 223 Å². The van der Waals surface area contributed by atoms with E-state index in [0.29, 0.717) is 0 Å². The van der Waals surface area contributed by atoms with Crippen LogP contribution in [0.1, 0.15) is 109 Å². The van der Waals surface area contributed by atoms with E-state index in [1.807, 2.05) is 0 Å². The van der Waals surface area contributed by atoms with Crippen LogP contribution in [-0.2, 0) is 46.1 Å². The summed E-state index contributed by atoms with van der Waals surface area (Å²) in [6, 6.07) is 13.8. The molecule has 0 aliphatic carbocycles. The number of unbranched alkanes of at least 4 members (excludes halogenated alkanes) is 1. The van der Waals surface area contributed by atoms with E-state index < -0.39 is 0 Å². The van der Waals surface area contributed by atoms with Crippen LogP contribution in [0.2, 0.25) is 0 Å². The molecule has 0 saturated heterocycles. The van der Waals surface area contributed by atoms with Crippen molar-refractivity contribution in [3.8, 4) is 0 Å². The first-order valence-corrected chi connectivity index (χ1v) is 13.4. The molecule has 0 aliphatic rings. The number of hydrogen-bond acceptors (Lipinski definition) is 2. The molecular formula is C31H46N2Pd. The Morgan fingerprint density at radius 2 is 0.941 bits per heavy atom. The molecule has 0 unspecified atom stereocenters. The second-order valence-electron chi connectivity index (χ2n) is 9.37. The minimum Gasteiger partial charge on any atom is -0.252 e. The second kappa shape index (κ2) is 17.0. The Kier molecular flexibility index (Phi) is 15.2. The molecule has 0 saturated carbocycles. The minimum absolute atomic E-state index is 0. The first-order valence-electron chi connectivity index (χ1n) is 13.4. The van der Waals surface area contributed by atoms with Gasteiger partial charge in [-0.15, -0.1) is 0 Å². The van der Waals surface area contributed by atoms with Crippen LogP contribution in [0.5, 0.6) is 0 Å². The molecule has 0 atom stereocenters. The second-order valence-corrected chi connectivity index (χ2v) is 9.37. The largest absolute Gasteiger partial charge is 0.252 e. The van der Waals surface area contributed by atoms with Gasteiger partial charge in [-0.2, -0.15) is 0 Å². The molecule has 0 bridgehead atoms. The Hall–Kier alpha value is -1.56. The van der Waals surface area contributed by atoms with Crippen LogP contribution in [0, 0.1) is 0 Å². The Bertz CT molecular complexity index is 879. The molecule has 0 amide bonds. The van der Waals surface area contributed by atoms with Crippen molar-refractivity contribution in [1.29, 1.82) is 0 Å². The zero-order chi connectivity index (χ0) is 24.1. The van der Waals surface area contributed by atoms with Crippen molar-refractivity contribution in [3.05, 3.63) is 58.7 Å². The Balaban J connectivity index is 0.00000578. The molecule has 34 heavy (non-hydrogen) atoms. The quantitative estimate of drug-likeness (QED) is 0.165. The average molecular weight is 553 g/mol. The molecule has 0 spiro atoms. The molecule has 0 N–H and O–H groups in total. The molecule has 0 fully saturated rings. The minimum atomic E-state index is 0. The van der Waals surface area contributed by atoms with Gasteiger partial charge in [-0.05, 0) is 92.0 Å². The smallest absolute Gasteiger partial charge is 0.0639 e. The first-order chi connectivity index (χ1) is 16.0. The summed E-state index contributed by atoms with van der Waals surface area (Å²) in [5, 5.41) is 0. The van der Waals surface area contributed by atoms with E-state index in [-0.39, 0.29) is 20.4 Å². The van der Waals surface area contributed by atoms with Gasteiger partial charge in [-0.1, -0.05) is 78.9 Å². The predicted octanol–water partition coefficient (Wildman–Crippen LogP) is 9.55. The molecule has 2 aromatic carbocycles. The van der Waals surface area contributed by atoms with Crippen molar-refractivity contribution < 1.29 is 20.4 Å². The van der Waals surface area contributed by atoms with Gasteiger partial charge >= 0.3 is 0 Å².